The van der Waals surface area contributed by atoms with E-state index in [-0.39, 0.29) is 24.1 Å². The van der Waals surface area contributed by atoms with E-state index >= 15 is 0 Å². The molecule has 152 valence electrons. The highest BCUT2D eigenvalue weighted by molar-refractivity contribution is 5.99. The Hall–Kier alpha value is -3.26. The van der Waals surface area contributed by atoms with Crippen molar-refractivity contribution in [2.24, 2.45) is 5.73 Å². The summed E-state index contributed by atoms with van der Waals surface area (Å²) in [5.41, 5.74) is 6.85. The smallest absolute Gasteiger partial charge is 0.254 e. The minimum absolute atomic E-state index is 0.114. The van der Waals surface area contributed by atoms with Gasteiger partial charge in [-0.05, 0) is 49.2 Å². The third kappa shape index (κ3) is 5.39. The van der Waals surface area contributed by atoms with Crippen molar-refractivity contribution in [2.45, 2.75) is 25.4 Å². The fourth-order valence-electron chi connectivity index (χ4n) is 3.43. The fourth-order valence-corrected chi connectivity index (χ4v) is 3.43. The maximum atomic E-state index is 13.6. The number of likely N-dealkylation sites (tertiary alicyclic amines) is 1. The van der Waals surface area contributed by atoms with Gasteiger partial charge in [-0.15, -0.1) is 0 Å². The molecule has 8 heteroatoms. The van der Waals surface area contributed by atoms with Crippen LogP contribution in [0.25, 0.3) is 0 Å². The van der Waals surface area contributed by atoms with Gasteiger partial charge in [0.05, 0.1) is 18.2 Å². The molecule has 1 saturated heterocycles. The van der Waals surface area contributed by atoms with Crippen LogP contribution in [0.3, 0.4) is 0 Å². The quantitative estimate of drug-likeness (QED) is 0.659. The Morgan fingerprint density at radius 3 is 2.69 bits per heavy atom. The molecule has 0 radical (unpaired) electrons. The number of nitrogens with one attached hydrogen (secondary N) is 2. The molecule has 0 spiro atoms. The summed E-state index contributed by atoms with van der Waals surface area (Å²) in [6.45, 7) is 1.07. The van der Waals surface area contributed by atoms with Gasteiger partial charge in [0.1, 0.15) is 5.82 Å². The molecule has 1 aliphatic heterocycles. The number of rotatable bonds is 7. The Morgan fingerprint density at radius 2 is 1.93 bits per heavy atom. The number of amides is 3. The standard InChI is InChI=1S/C21H23FN4O3/c22-17-8-2-1-7-16(17)21(29)24-12-19(27)25-15-6-3-5-14(11-15)13-26-10-4-9-18(26)20(23)28/h1-3,5-8,11,18H,4,9-10,12-13H2,(H2,23,28)(H,24,29)(H,25,27). The Balaban J connectivity index is 1.54. The van der Waals surface area contributed by atoms with Gasteiger partial charge in [-0.3, -0.25) is 19.3 Å². The van der Waals surface area contributed by atoms with Gasteiger partial charge in [0.25, 0.3) is 5.91 Å². The van der Waals surface area contributed by atoms with E-state index in [1.807, 2.05) is 17.0 Å². The van der Waals surface area contributed by atoms with E-state index in [1.165, 1.54) is 18.2 Å². The van der Waals surface area contributed by atoms with Crippen molar-refractivity contribution in [2.75, 3.05) is 18.4 Å². The van der Waals surface area contributed by atoms with Crippen molar-refractivity contribution < 1.29 is 18.8 Å². The lowest BCUT2D eigenvalue weighted by molar-refractivity contribution is -0.122. The van der Waals surface area contributed by atoms with Gasteiger partial charge >= 0.3 is 0 Å². The second-order valence-electron chi connectivity index (χ2n) is 6.94. The summed E-state index contributed by atoms with van der Waals surface area (Å²) in [6.07, 6.45) is 1.68. The number of anilines is 1. The van der Waals surface area contributed by atoms with Crippen LogP contribution in [0, 0.1) is 5.82 Å². The molecule has 1 aliphatic rings. The van der Waals surface area contributed by atoms with E-state index in [0.717, 1.165) is 24.9 Å². The third-order valence-corrected chi connectivity index (χ3v) is 4.82. The summed E-state index contributed by atoms with van der Waals surface area (Å²) in [5.74, 6) is -2.05. The molecular formula is C21H23FN4O3. The second-order valence-corrected chi connectivity index (χ2v) is 6.94. The van der Waals surface area contributed by atoms with Gasteiger partial charge in [0, 0.05) is 12.2 Å². The minimum atomic E-state index is -0.654. The zero-order chi connectivity index (χ0) is 20.8. The molecule has 4 N–H and O–H groups in total. The van der Waals surface area contributed by atoms with Crippen LogP contribution in [-0.4, -0.2) is 41.8 Å². The summed E-state index contributed by atoms with van der Waals surface area (Å²) in [4.78, 5) is 37.7. The molecule has 3 amide bonds. The number of primary amides is 1. The number of nitrogens with two attached hydrogens (primary N) is 1. The molecule has 1 fully saturated rings. The third-order valence-electron chi connectivity index (χ3n) is 4.82. The molecule has 3 rings (SSSR count). The van der Waals surface area contributed by atoms with Crippen molar-refractivity contribution in [3.8, 4) is 0 Å². The van der Waals surface area contributed by atoms with Gasteiger partial charge in [0.2, 0.25) is 11.8 Å². The van der Waals surface area contributed by atoms with E-state index in [1.54, 1.807) is 18.2 Å². The molecule has 0 bridgehead atoms. The van der Waals surface area contributed by atoms with Crippen molar-refractivity contribution in [1.82, 2.24) is 10.2 Å². The zero-order valence-electron chi connectivity index (χ0n) is 15.9. The van der Waals surface area contributed by atoms with Crippen LogP contribution < -0.4 is 16.4 Å². The van der Waals surface area contributed by atoms with Crippen LogP contribution >= 0.6 is 0 Å². The first-order valence-corrected chi connectivity index (χ1v) is 9.39. The van der Waals surface area contributed by atoms with Crippen molar-refractivity contribution >= 4 is 23.4 Å². The predicted molar refractivity (Wildman–Crippen MR) is 106 cm³/mol. The minimum Gasteiger partial charge on any atom is -0.368 e. The van der Waals surface area contributed by atoms with E-state index in [2.05, 4.69) is 10.6 Å². The Morgan fingerprint density at radius 1 is 1.14 bits per heavy atom. The average Bonchev–Trinajstić information content (AvgIpc) is 3.15. The Bertz CT molecular complexity index is 918. The van der Waals surface area contributed by atoms with E-state index in [4.69, 9.17) is 5.73 Å². The molecule has 1 unspecified atom stereocenters. The van der Waals surface area contributed by atoms with Crippen LogP contribution in [0.5, 0.6) is 0 Å². The predicted octanol–water partition coefficient (Wildman–Crippen LogP) is 1.64. The maximum Gasteiger partial charge on any atom is 0.254 e. The molecular weight excluding hydrogens is 375 g/mol. The van der Waals surface area contributed by atoms with Crippen LogP contribution in [0.2, 0.25) is 0 Å². The zero-order valence-corrected chi connectivity index (χ0v) is 15.9. The number of carbonyl (C=O) groups excluding carboxylic acids is 3. The molecule has 2 aromatic carbocycles. The van der Waals surface area contributed by atoms with Gasteiger partial charge in [-0.25, -0.2) is 4.39 Å². The number of benzene rings is 2. The molecule has 2 aromatic rings. The monoisotopic (exact) mass is 398 g/mol. The SMILES string of the molecule is NC(=O)C1CCCN1Cc1cccc(NC(=O)CNC(=O)c2ccccc2F)c1. The molecule has 0 saturated carbocycles. The summed E-state index contributed by atoms with van der Waals surface area (Å²) in [7, 11) is 0. The van der Waals surface area contributed by atoms with Gasteiger partial charge in [0.15, 0.2) is 0 Å². The van der Waals surface area contributed by atoms with E-state index in [0.29, 0.717) is 12.2 Å². The normalized spacial score (nSPS) is 16.4. The number of halogens is 1. The van der Waals surface area contributed by atoms with E-state index in [9.17, 15) is 18.8 Å². The summed E-state index contributed by atoms with van der Waals surface area (Å²) in [5, 5.41) is 5.11. The lowest BCUT2D eigenvalue weighted by atomic mass is 10.1. The number of nitrogens with zero attached hydrogens (tertiary/aromatic N) is 1. The Labute approximate surface area is 168 Å². The van der Waals surface area contributed by atoms with Crippen molar-refractivity contribution in [1.29, 1.82) is 0 Å². The second kappa shape index (κ2) is 9.29. The van der Waals surface area contributed by atoms with Crippen LogP contribution in [0.15, 0.2) is 48.5 Å². The average molecular weight is 398 g/mol. The number of carbonyl (C=O) groups is 3. The topological polar surface area (TPSA) is 105 Å². The first-order valence-electron chi connectivity index (χ1n) is 9.39. The highest BCUT2D eigenvalue weighted by Crippen LogP contribution is 2.21. The molecule has 1 heterocycles. The summed E-state index contributed by atoms with van der Waals surface area (Å²) >= 11 is 0. The molecule has 0 aliphatic carbocycles. The molecule has 0 aromatic heterocycles. The summed E-state index contributed by atoms with van der Waals surface area (Å²) in [6, 6.07) is 12.6. The molecule has 7 nitrogen and oxygen atoms in total. The van der Waals surface area contributed by atoms with Crippen LogP contribution in [0.1, 0.15) is 28.8 Å². The van der Waals surface area contributed by atoms with Crippen LogP contribution in [-0.2, 0) is 16.1 Å². The molecule has 29 heavy (non-hydrogen) atoms. The first kappa shape index (κ1) is 20.5. The lowest BCUT2D eigenvalue weighted by Crippen LogP contribution is -2.39. The fraction of sp³-hybridized carbons (Fsp3) is 0.286. The lowest BCUT2D eigenvalue weighted by Gasteiger charge is -2.22. The highest BCUT2D eigenvalue weighted by Gasteiger charge is 2.28. The van der Waals surface area contributed by atoms with Crippen LogP contribution in [0.4, 0.5) is 10.1 Å². The van der Waals surface area contributed by atoms with E-state index < -0.39 is 17.6 Å². The maximum absolute atomic E-state index is 13.6. The number of hydrogen-bond donors (Lipinski definition) is 3. The summed E-state index contributed by atoms with van der Waals surface area (Å²) < 4.78 is 13.6. The Kier molecular flexibility index (Phi) is 6.56. The largest absolute Gasteiger partial charge is 0.368 e. The molecule has 1 atom stereocenters. The first-order chi connectivity index (χ1) is 13.9. The van der Waals surface area contributed by atoms with Gasteiger partial charge in [-0.1, -0.05) is 24.3 Å². The van der Waals surface area contributed by atoms with Crippen molar-refractivity contribution in [3.63, 3.8) is 0 Å². The number of hydrogen-bond acceptors (Lipinski definition) is 4. The highest BCUT2D eigenvalue weighted by atomic mass is 19.1. The van der Waals surface area contributed by atoms with Gasteiger partial charge < -0.3 is 16.4 Å². The van der Waals surface area contributed by atoms with Gasteiger partial charge in [-0.2, -0.15) is 0 Å². The van der Waals surface area contributed by atoms with Crippen molar-refractivity contribution in [3.05, 3.63) is 65.5 Å².